The number of para-hydroxylation sites is 1. The summed E-state index contributed by atoms with van der Waals surface area (Å²) in [4.78, 5) is 21.4. The minimum atomic E-state index is 0.0467. The number of nitrogens with zero attached hydrogens (tertiary/aromatic N) is 4. The second kappa shape index (κ2) is 7.95. The van der Waals surface area contributed by atoms with Gasteiger partial charge in [-0.15, -0.1) is 0 Å². The van der Waals surface area contributed by atoms with E-state index in [4.69, 9.17) is 4.74 Å². The zero-order valence-corrected chi connectivity index (χ0v) is 17.0. The molecule has 0 N–H and O–H groups in total. The molecule has 0 aliphatic carbocycles. The number of carbonyl (C=O) groups is 1. The molecule has 2 aliphatic rings. The first-order valence-electron chi connectivity index (χ1n) is 10.3. The van der Waals surface area contributed by atoms with E-state index in [1.54, 1.807) is 12.5 Å². The Balaban J connectivity index is 1.39. The number of hydrogen-bond donors (Lipinski definition) is 0. The SMILES string of the molecule is CC(C)N1C[C@H](Oc2ccccc2)[C@@H]1C1CCN(C(=O)c2cn(C)cn2)CC1. The number of benzene rings is 1. The van der Waals surface area contributed by atoms with Crippen LogP contribution in [0.15, 0.2) is 42.9 Å². The minimum Gasteiger partial charge on any atom is -0.487 e. The van der Waals surface area contributed by atoms with E-state index < -0.39 is 0 Å². The van der Waals surface area contributed by atoms with Gasteiger partial charge in [-0.1, -0.05) is 18.2 Å². The lowest BCUT2D eigenvalue weighted by molar-refractivity contribution is -0.0983. The molecule has 2 atom stereocenters. The molecule has 0 unspecified atom stereocenters. The second-order valence-corrected chi connectivity index (χ2v) is 8.30. The van der Waals surface area contributed by atoms with E-state index in [9.17, 15) is 4.79 Å². The Morgan fingerprint density at radius 3 is 2.50 bits per heavy atom. The highest BCUT2D eigenvalue weighted by Crippen LogP contribution is 2.36. The number of aromatic nitrogens is 2. The van der Waals surface area contributed by atoms with Gasteiger partial charge in [-0.05, 0) is 44.7 Å². The molecule has 28 heavy (non-hydrogen) atoms. The number of carbonyl (C=O) groups excluding carboxylic acids is 1. The molecule has 0 spiro atoms. The zero-order valence-electron chi connectivity index (χ0n) is 17.0. The summed E-state index contributed by atoms with van der Waals surface area (Å²) in [5.74, 6) is 1.55. The third-order valence-electron chi connectivity index (χ3n) is 6.08. The molecule has 4 rings (SSSR count). The van der Waals surface area contributed by atoms with Crippen molar-refractivity contribution in [3.63, 3.8) is 0 Å². The topological polar surface area (TPSA) is 50.6 Å². The molecule has 150 valence electrons. The molecule has 1 amide bonds. The maximum Gasteiger partial charge on any atom is 0.274 e. The molecular weight excluding hydrogens is 352 g/mol. The van der Waals surface area contributed by atoms with E-state index >= 15 is 0 Å². The highest BCUT2D eigenvalue weighted by molar-refractivity contribution is 5.92. The molecule has 1 aromatic heterocycles. The van der Waals surface area contributed by atoms with Crippen molar-refractivity contribution in [2.45, 2.75) is 44.9 Å². The summed E-state index contributed by atoms with van der Waals surface area (Å²) < 4.78 is 8.13. The van der Waals surface area contributed by atoms with Crippen molar-refractivity contribution in [2.75, 3.05) is 19.6 Å². The van der Waals surface area contributed by atoms with Gasteiger partial charge in [-0.3, -0.25) is 9.69 Å². The maximum absolute atomic E-state index is 12.7. The fourth-order valence-corrected chi connectivity index (χ4v) is 4.55. The van der Waals surface area contributed by atoms with Crippen molar-refractivity contribution in [1.29, 1.82) is 0 Å². The fourth-order valence-electron chi connectivity index (χ4n) is 4.55. The quantitative estimate of drug-likeness (QED) is 0.798. The Labute approximate surface area is 167 Å². The van der Waals surface area contributed by atoms with Gasteiger partial charge in [0.25, 0.3) is 5.91 Å². The molecule has 0 saturated carbocycles. The highest BCUT2D eigenvalue weighted by atomic mass is 16.5. The summed E-state index contributed by atoms with van der Waals surface area (Å²) in [6, 6.07) is 11.0. The van der Waals surface area contributed by atoms with E-state index in [0.29, 0.717) is 23.7 Å². The van der Waals surface area contributed by atoms with Crippen LogP contribution in [0.25, 0.3) is 0 Å². The van der Waals surface area contributed by atoms with Crippen LogP contribution in [-0.4, -0.2) is 63.1 Å². The number of rotatable bonds is 5. The van der Waals surface area contributed by atoms with E-state index in [1.807, 2.05) is 46.8 Å². The van der Waals surface area contributed by atoms with E-state index in [2.05, 4.69) is 23.7 Å². The van der Waals surface area contributed by atoms with Crippen molar-refractivity contribution >= 4 is 5.91 Å². The predicted molar refractivity (Wildman–Crippen MR) is 108 cm³/mol. The normalized spacial score (nSPS) is 23.6. The van der Waals surface area contributed by atoms with Crippen LogP contribution in [0.5, 0.6) is 5.75 Å². The lowest BCUT2D eigenvalue weighted by Gasteiger charge is -2.54. The first-order valence-corrected chi connectivity index (χ1v) is 10.3. The number of likely N-dealkylation sites (tertiary alicyclic amines) is 2. The van der Waals surface area contributed by atoms with E-state index in [0.717, 1.165) is 38.2 Å². The Morgan fingerprint density at radius 2 is 1.89 bits per heavy atom. The van der Waals surface area contributed by atoms with Gasteiger partial charge in [0, 0.05) is 38.9 Å². The Kier molecular flexibility index (Phi) is 5.40. The molecule has 2 aliphatic heterocycles. The number of aryl methyl sites for hydroxylation is 1. The second-order valence-electron chi connectivity index (χ2n) is 8.30. The standard InChI is InChI=1S/C22H30N4O2/c1-16(2)26-14-20(28-18-7-5-4-6-8-18)21(26)17-9-11-25(12-10-17)22(27)19-13-24(3)15-23-19/h4-8,13,15-17,20-21H,9-12,14H2,1-3H3/t20-,21-/m0/s1. The van der Waals surface area contributed by atoms with Crippen LogP contribution in [0.3, 0.4) is 0 Å². The van der Waals surface area contributed by atoms with Crippen molar-refractivity contribution in [1.82, 2.24) is 19.4 Å². The number of imidazole rings is 1. The molecular formula is C22H30N4O2. The lowest BCUT2D eigenvalue weighted by atomic mass is 9.79. The van der Waals surface area contributed by atoms with Crippen molar-refractivity contribution in [3.05, 3.63) is 48.5 Å². The summed E-state index contributed by atoms with van der Waals surface area (Å²) in [5.41, 5.74) is 0.540. The molecule has 0 radical (unpaired) electrons. The Hall–Kier alpha value is -2.34. The van der Waals surface area contributed by atoms with Crippen molar-refractivity contribution in [3.8, 4) is 5.75 Å². The van der Waals surface area contributed by atoms with Gasteiger partial charge in [-0.25, -0.2) is 4.98 Å². The zero-order chi connectivity index (χ0) is 19.7. The average Bonchev–Trinajstić information content (AvgIpc) is 3.12. The molecule has 2 saturated heterocycles. The first-order chi connectivity index (χ1) is 13.5. The molecule has 3 heterocycles. The van der Waals surface area contributed by atoms with E-state index in [1.165, 1.54) is 0 Å². The number of ether oxygens (including phenoxy) is 1. The largest absolute Gasteiger partial charge is 0.487 e. The summed E-state index contributed by atoms with van der Waals surface area (Å²) in [7, 11) is 1.89. The van der Waals surface area contributed by atoms with Gasteiger partial charge in [0.2, 0.25) is 0 Å². The molecule has 6 nitrogen and oxygen atoms in total. The van der Waals surface area contributed by atoms with Crippen LogP contribution < -0.4 is 4.74 Å². The molecule has 2 fully saturated rings. The van der Waals surface area contributed by atoms with Crippen LogP contribution in [0.4, 0.5) is 0 Å². The number of piperidine rings is 1. The van der Waals surface area contributed by atoms with Crippen LogP contribution in [-0.2, 0) is 7.05 Å². The third-order valence-corrected chi connectivity index (χ3v) is 6.08. The van der Waals surface area contributed by atoms with Crippen molar-refractivity contribution < 1.29 is 9.53 Å². The fraction of sp³-hybridized carbons (Fsp3) is 0.545. The molecule has 0 bridgehead atoms. The highest BCUT2D eigenvalue weighted by Gasteiger charge is 2.47. The van der Waals surface area contributed by atoms with Gasteiger partial charge >= 0.3 is 0 Å². The lowest BCUT2D eigenvalue weighted by Crippen LogP contribution is -2.68. The third kappa shape index (κ3) is 3.78. The minimum absolute atomic E-state index is 0.0467. The average molecular weight is 383 g/mol. The summed E-state index contributed by atoms with van der Waals surface area (Å²) in [6.07, 6.45) is 5.74. The van der Waals surface area contributed by atoms with Crippen LogP contribution in [0.1, 0.15) is 37.2 Å². The predicted octanol–water partition coefficient (Wildman–Crippen LogP) is 2.81. The monoisotopic (exact) mass is 382 g/mol. The smallest absolute Gasteiger partial charge is 0.274 e. The van der Waals surface area contributed by atoms with Gasteiger partial charge in [-0.2, -0.15) is 0 Å². The first kappa shape index (κ1) is 19.0. The maximum atomic E-state index is 12.7. The molecule has 1 aromatic carbocycles. The summed E-state index contributed by atoms with van der Waals surface area (Å²) >= 11 is 0. The Morgan fingerprint density at radius 1 is 1.18 bits per heavy atom. The van der Waals surface area contributed by atoms with Crippen LogP contribution >= 0.6 is 0 Å². The number of hydrogen-bond acceptors (Lipinski definition) is 4. The van der Waals surface area contributed by atoms with Gasteiger partial charge in [0.15, 0.2) is 0 Å². The van der Waals surface area contributed by atoms with Gasteiger partial charge in [0.1, 0.15) is 17.5 Å². The molecule has 2 aromatic rings. The summed E-state index contributed by atoms with van der Waals surface area (Å²) in [6.45, 7) is 7.07. The number of amides is 1. The van der Waals surface area contributed by atoms with Gasteiger partial charge in [0.05, 0.1) is 12.4 Å². The summed E-state index contributed by atoms with van der Waals surface area (Å²) in [5, 5.41) is 0. The van der Waals surface area contributed by atoms with Crippen LogP contribution in [0.2, 0.25) is 0 Å². The molecule has 6 heteroatoms. The Bertz CT molecular complexity index is 796. The van der Waals surface area contributed by atoms with Crippen molar-refractivity contribution in [2.24, 2.45) is 13.0 Å². The van der Waals surface area contributed by atoms with Gasteiger partial charge < -0.3 is 14.2 Å². The van der Waals surface area contributed by atoms with Crippen LogP contribution in [0, 0.1) is 5.92 Å². The van der Waals surface area contributed by atoms with E-state index in [-0.39, 0.29) is 12.0 Å².